The first kappa shape index (κ1) is 38.8. The summed E-state index contributed by atoms with van der Waals surface area (Å²) >= 11 is 0. The van der Waals surface area contributed by atoms with E-state index in [1.807, 2.05) is 0 Å². The van der Waals surface area contributed by atoms with Crippen LogP contribution in [0.2, 0.25) is 0 Å². The van der Waals surface area contributed by atoms with Crippen molar-refractivity contribution in [3.05, 3.63) is 102 Å². The number of aliphatic carboxylic acids is 1. The summed E-state index contributed by atoms with van der Waals surface area (Å²) in [4.78, 5) is 75.9. The van der Waals surface area contributed by atoms with Gasteiger partial charge < -0.3 is 42.3 Å². The number of rotatable bonds is 18. The molecule has 9 N–H and O–H groups in total. The lowest BCUT2D eigenvalue weighted by Gasteiger charge is -2.29. The van der Waals surface area contributed by atoms with Crippen molar-refractivity contribution in [1.82, 2.24) is 16.0 Å². The Kier molecular flexibility index (Phi) is 14.6. The number of nitrogens with two attached hydrogens (primary N) is 1. The number of aliphatic hydroxyl groups is 1. The Balaban J connectivity index is 1.86. The van der Waals surface area contributed by atoms with Crippen molar-refractivity contribution in [2.75, 3.05) is 5.32 Å². The molecule has 266 valence electrons. The smallest absolute Gasteiger partial charge is 0.335 e. The first-order valence-electron chi connectivity index (χ1n) is 16.0. The van der Waals surface area contributed by atoms with Gasteiger partial charge in [0.1, 0.15) is 12.1 Å². The molecule has 3 aromatic rings. The Hall–Kier alpha value is -5.60. The maximum absolute atomic E-state index is 14.0. The van der Waals surface area contributed by atoms with E-state index in [1.165, 1.54) is 24.3 Å². The lowest BCUT2D eigenvalue weighted by molar-refractivity contribution is -0.137. The minimum absolute atomic E-state index is 0.0115. The maximum atomic E-state index is 14.0. The third-order valence-electron chi connectivity index (χ3n) is 7.82. The predicted octanol–water partition coefficient (Wildman–Crippen LogP) is 1.47. The van der Waals surface area contributed by atoms with Gasteiger partial charge in [-0.05, 0) is 48.1 Å². The van der Waals surface area contributed by atoms with Crippen LogP contribution in [0.1, 0.15) is 48.2 Å². The maximum Gasteiger partial charge on any atom is 0.335 e. The molecule has 3 aromatic carbocycles. The molecule has 0 bridgehead atoms. The van der Waals surface area contributed by atoms with E-state index in [2.05, 4.69) is 21.3 Å². The van der Waals surface area contributed by atoms with E-state index in [0.717, 1.165) is 0 Å². The average Bonchev–Trinajstić information content (AvgIpc) is 3.09. The van der Waals surface area contributed by atoms with Crippen molar-refractivity contribution in [3.8, 4) is 0 Å². The highest BCUT2D eigenvalue weighted by Crippen LogP contribution is 2.15. The van der Waals surface area contributed by atoms with Gasteiger partial charge in [-0.2, -0.15) is 0 Å². The van der Waals surface area contributed by atoms with Crippen molar-refractivity contribution in [1.29, 1.82) is 0 Å². The third-order valence-corrected chi connectivity index (χ3v) is 7.82. The molecule has 14 heteroatoms. The second kappa shape index (κ2) is 18.8. The Bertz CT molecular complexity index is 1640. The molecule has 4 amide bonds. The normalized spacial score (nSPS) is 13.9. The number of carbonyl (C=O) groups excluding carboxylic acids is 4. The number of carbonyl (C=O) groups is 6. The van der Waals surface area contributed by atoms with Crippen LogP contribution < -0.4 is 27.0 Å². The Labute approximate surface area is 289 Å². The first-order valence-corrected chi connectivity index (χ1v) is 16.0. The van der Waals surface area contributed by atoms with Crippen molar-refractivity contribution in [2.24, 2.45) is 11.7 Å². The number of amides is 4. The summed E-state index contributed by atoms with van der Waals surface area (Å²) in [6.45, 7) is 3.35. The van der Waals surface area contributed by atoms with E-state index >= 15 is 0 Å². The van der Waals surface area contributed by atoms with Crippen molar-refractivity contribution < 1.29 is 44.1 Å². The molecule has 0 unspecified atom stereocenters. The molecule has 14 nitrogen and oxygen atoms in total. The van der Waals surface area contributed by atoms with E-state index in [-0.39, 0.29) is 36.9 Å². The fraction of sp³-hybridized carbons (Fsp3) is 0.333. The van der Waals surface area contributed by atoms with Gasteiger partial charge in [-0.3, -0.25) is 24.0 Å². The Morgan fingerprint density at radius 2 is 1.30 bits per heavy atom. The predicted molar refractivity (Wildman–Crippen MR) is 184 cm³/mol. The number of hydrogen-bond donors (Lipinski definition) is 8. The molecule has 5 atom stereocenters. The molecule has 0 aliphatic carbocycles. The largest absolute Gasteiger partial charge is 0.481 e. The molecule has 0 aromatic heterocycles. The number of nitrogens with one attached hydrogen (secondary N) is 4. The van der Waals surface area contributed by atoms with Crippen LogP contribution in [0, 0.1) is 5.92 Å². The molecule has 0 saturated heterocycles. The van der Waals surface area contributed by atoms with Gasteiger partial charge in [0.25, 0.3) is 5.91 Å². The number of carboxylic acids is 2. The zero-order valence-electron chi connectivity index (χ0n) is 27.7. The van der Waals surface area contributed by atoms with Crippen molar-refractivity contribution >= 4 is 41.3 Å². The molecule has 0 fully saturated rings. The quantitative estimate of drug-likeness (QED) is 0.0957. The SMILES string of the molecule is CC(C)[C@H](NC(=O)[C@@H](N)CCC(=O)O)C(=O)N[C@@H](Cc1ccccc1)C(=O)N[C@@H](Cc1ccccc1)[C@@H](O)C(=O)Nc1cccc(C(=O)O)c1. The fourth-order valence-electron chi connectivity index (χ4n) is 5.05. The second-order valence-corrected chi connectivity index (χ2v) is 12.1. The van der Waals surface area contributed by atoms with Crippen LogP contribution in [0.3, 0.4) is 0 Å². The highest BCUT2D eigenvalue weighted by atomic mass is 16.4. The molecular formula is C36H43N5O9. The molecule has 50 heavy (non-hydrogen) atoms. The summed E-state index contributed by atoms with van der Waals surface area (Å²) in [6.07, 6.45) is -2.26. The molecule has 0 aliphatic heterocycles. The Morgan fingerprint density at radius 3 is 1.86 bits per heavy atom. The summed E-state index contributed by atoms with van der Waals surface area (Å²) in [6, 6.07) is 18.3. The molecule has 0 heterocycles. The van der Waals surface area contributed by atoms with Crippen LogP contribution in [-0.4, -0.2) is 81.2 Å². The van der Waals surface area contributed by atoms with Gasteiger partial charge in [-0.15, -0.1) is 0 Å². The lowest BCUT2D eigenvalue weighted by Crippen LogP contribution is -2.60. The van der Waals surface area contributed by atoms with E-state index < -0.39 is 71.8 Å². The average molecular weight is 690 g/mol. The number of aromatic carboxylic acids is 1. The van der Waals surface area contributed by atoms with Gasteiger partial charge in [0.2, 0.25) is 17.7 Å². The minimum Gasteiger partial charge on any atom is -0.481 e. The Morgan fingerprint density at radius 1 is 0.700 bits per heavy atom. The van der Waals surface area contributed by atoms with Gasteiger partial charge in [-0.25, -0.2) is 4.79 Å². The van der Waals surface area contributed by atoms with Crippen molar-refractivity contribution in [2.45, 2.75) is 69.8 Å². The molecule has 0 spiro atoms. The summed E-state index contributed by atoms with van der Waals surface area (Å²) in [5.41, 5.74) is 7.26. The standard InChI is InChI=1S/C36H43N5O9/c1-21(2)30(41-32(45)26(37)16-17-29(42)43)34(47)40-28(19-23-12-7-4-8-13-23)33(46)39-27(18-22-10-5-3-6-11-22)31(44)35(48)38-25-15-9-14-24(20-25)36(49)50/h3-15,20-21,26-28,30-31,44H,16-19,37H2,1-2H3,(H,38,48)(H,39,46)(H,40,47)(H,41,45)(H,42,43)(H,49,50)/t26-,27-,28-,30-,31+/m0/s1. The minimum atomic E-state index is -1.81. The van der Waals surface area contributed by atoms with Gasteiger partial charge in [0.15, 0.2) is 6.10 Å². The van der Waals surface area contributed by atoms with Crippen LogP contribution in [0.4, 0.5) is 5.69 Å². The second-order valence-electron chi connectivity index (χ2n) is 12.1. The highest BCUT2D eigenvalue weighted by Gasteiger charge is 2.34. The van der Waals surface area contributed by atoms with E-state index in [0.29, 0.717) is 11.1 Å². The lowest BCUT2D eigenvalue weighted by atomic mass is 9.98. The zero-order chi connectivity index (χ0) is 36.8. The topological polar surface area (TPSA) is 237 Å². The monoisotopic (exact) mass is 689 g/mol. The molecule has 0 aliphatic rings. The van der Waals surface area contributed by atoms with Crippen LogP contribution in [-0.2, 0) is 36.8 Å². The molecular weight excluding hydrogens is 646 g/mol. The highest BCUT2D eigenvalue weighted by molar-refractivity contribution is 5.97. The molecule has 3 rings (SSSR count). The van der Waals surface area contributed by atoms with E-state index in [1.54, 1.807) is 74.5 Å². The van der Waals surface area contributed by atoms with Gasteiger partial charge in [0, 0.05) is 18.5 Å². The van der Waals surface area contributed by atoms with Crippen LogP contribution in [0.5, 0.6) is 0 Å². The van der Waals surface area contributed by atoms with E-state index in [9.17, 15) is 39.0 Å². The first-order chi connectivity index (χ1) is 23.7. The van der Waals surface area contributed by atoms with Crippen LogP contribution in [0.15, 0.2) is 84.9 Å². The molecule has 0 saturated carbocycles. The van der Waals surface area contributed by atoms with Gasteiger partial charge >= 0.3 is 11.9 Å². The molecule has 0 radical (unpaired) electrons. The summed E-state index contributed by atoms with van der Waals surface area (Å²) in [7, 11) is 0. The van der Waals surface area contributed by atoms with E-state index in [4.69, 9.17) is 10.8 Å². The summed E-state index contributed by atoms with van der Waals surface area (Å²) < 4.78 is 0. The number of hydrogen-bond acceptors (Lipinski definition) is 8. The number of anilines is 1. The number of benzene rings is 3. The number of aliphatic hydroxyl groups excluding tert-OH is 1. The summed E-state index contributed by atoms with van der Waals surface area (Å²) in [5, 5.41) is 40.0. The summed E-state index contributed by atoms with van der Waals surface area (Å²) in [5.74, 6) is -5.85. The third kappa shape index (κ3) is 12.1. The number of carboxylic acid groups (broad SMARTS) is 2. The van der Waals surface area contributed by atoms with Crippen LogP contribution >= 0.6 is 0 Å². The zero-order valence-corrected chi connectivity index (χ0v) is 27.7. The fourth-order valence-corrected chi connectivity index (χ4v) is 5.05. The van der Waals surface area contributed by atoms with Crippen LogP contribution in [0.25, 0.3) is 0 Å². The van der Waals surface area contributed by atoms with Gasteiger partial charge in [0.05, 0.1) is 17.6 Å². The van der Waals surface area contributed by atoms with Gasteiger partial charge in [-0.1, -0.05) is 80.6 Å². The van der Waals surface area contributed by atoms with Crippen molar-refractivity contribution in [3.63, 3.8) is 0 Å².